The lowest BCUT2D eigenvalue weighted by Crippen LogP contribution is -2.64. The van der Waals surface area contributed by atoms with Gasteiger partial charge in [0.15, 0.2) is 0 Å². The minimum atomic E-state index is -0.701. The number of aliphatic hydroxyl groups is 2. The fraction of sp³-hybridized carbons (Fsp3) is 0.833. The summed E-state index contributed by atoms with van der Waals surface area (Å²) in [7, 11) is 1.80. The highest BCUT2D eigenvalue weighted by atomic mass is 16.5. The zero-order valence-electron chi connectivity index (χ0n) is 17.6. The van der Waals surface area contributed by atoms with E-state index in [9.17, 15) is 10.2 Å². The molecule has 156 valence electrons. The van der Waals surface area contributed by atoms with Gasteiger partial charge >= 0.3 is 0 Å². The molecule has 2 N–H and O–H groups in total. The molecule has 0 aromatic carbocycles. The van der Waals surface area contributed by atoms with E-state index in [0.29, 0.717) is 17.8 Å². The first-order valence-electron chi connectivity index (χ1n) is 11.3. The number of furan rings is 1. The minimum absolute atomic E-state index is 0.125. The van der Waals surface area contributed by atoms with Crippen LogP contribution in [0.1, 0.15) is 77.2 Å². The third-order valence-electron chi connectivity index (χ3n) is 10.3. The highest BCUT2D eigenvalue weighted by Crippen LogP contribution is 2.72. The lowest BCUT2D eigenvalue weighted by Gasteiger charge is -2.64. The Bertz CT molecular complexity index is 731. The van der Waals surface area contributed by atoms with Crippen molar-refractivity contribution in [2.75, 3.05) is 7.11 Å². The van der Waals surface area contributed by atoms with Gasteiger partial charge in [-0.15, -0.1) is 0 Å². The van der Waals surface area contributed by atoms with E-state index in [4.69, 9.17) is 9.15 Å². The smallest absolute Gasteiger partial charge is 0.104 e. The fourth-order valence-corrected chi connectivity index (χ4v) is 8.60. The summed E-state index contributed by atoms with van der Waals surface area (Å²) in [5.74, 6) is 1.48. The van der Waals surface area contributed by atoms with Gasteiger partial charge in [0, 0.05) is 18.1 Å². The normalized spacial score (nSPS) is 53.3. The topological polar surface area (TPSA) is 62.8 Å². The van der Waals surface area contributed by atoms with Gasteiger partial charge in [0.25, 0.3) is 0 Å². The number of rotatable bonds is 2. The predicted molar refractivity (Wildman–Crippen MR) is 107 cm³/mol. The Labute approximate surface area is 168 Å². The summed E-state index contributed by atoms with van der Waals surface area (Å²) >= 11 is 0. The van der Waals surface area contributed by atoms with E-state index in [-0.39, 0.29) is 16.9 Å². The van der Waals surface area contributed by atoms with E-state index in [1.807, 2.05) is 12.3 Å². The molecule has 3 unspecified atom stereocenters. The highest BCUT2D eigenvalue weighted by molar-refractivity contribution is 5.31. The summed E-state index contributed by atoms with van der Waals surface area (Å²) in [6, 6.07) is 2.02. The molecular weight excluding hydrogens is 352 g/mol. The fourth-order valence-electron chi connectivity index (χ4n) is 8.60. The van der Waals surface area contributed by atoms with Crippen LogP contribution >= 0.6 is 0 Å². The standard InChI is InChI=1S/C24H36O4/c1-21-9-6-18(25)14-16(21)4-5-20-19(21)7-10-22(2)23(20,26)11-12-24(22,27-3)17-8-13-28-15-17/h8,13,15-16,18-20,25-26H,4-7,9-12,14H2,1-3H3/t16?,18?,19-,20-,21+,22+,23-,24?/m1/s1. The van der Waals surface area contributed by atoms with E-state index in [1.165, 1.54) is 0 Å². The molecule has 4 aliphatic carbocycles. The Kier molecular flexibility index (Phi) is 4.16. The maximum atomic E-state index is 12.3. The van der Waals surface area contributed by atoms with Gasteiger partial charge in [-0.25, -0.2) is 0 Å². The zero-order valence-corrected chi connectivity index (χ0v) is 17.6. The Morgan fingerprint density at radius 1 is 1.04 bits per heavy atom. The highest BCUT2D eigenvalue weighted by Gasteiger charge is 2.72. The van der Waals surface area contributed by atoms with Crippen molar-refractivity contribution in [3.8, 4) is 0 Å². The molecule has 28 heavy (non-hydrogen) atoms. The zero-order chi connectivity index (χ0) is 19.8. The van der Waals surface area contributed by atoms with E-state index in [2.05, 4.69) is 13.8 Å². The Balaban J connectivity index is 1.54. The lowest BCUT2D eigenvalue weighted by atomic mass is 9.43. The average Bonchev–Trinajstić information content (AvgIpc) is 3.28. The third-order valence-corrected chi connectivity index (χ3v) is 10.3. The van der Waals surface area contributed by atoms with Crippen LogP contribution in [0, 0.1) is 28.6 Å². The first-order valence-corrected chi connectivity index (χ1v) is 11.3. The van der Waals surface area contributed by atoms with Crippen LogP contribution in [0.5, 0.6) is 0 Å². The van der Waals surface area contributed by atoms with Crippen molar-refractivity contribution in [1.29, 1.82) is 0 Å². The molecule has 0 radical (unpaired) electrons. The van der Waals surface area contributed by atoms with Crippen molar-refractivity contribution in [1.82, 2.24) is 0 Å². The molecular formula is C24H36O4. The second kappa shape index (κ2) is 6.09. The van der Waals surface area contributed by atoms with Crippen molar-refractivity contribution in [2.24, 2.45) is 28.6 Å². The van der Waals surface area contributed by atoms with Crippen LogP contribution in [0.4, 0.5) is 0 Å². The van der Waals surface area contributed by atoms with Crippen LogP contribution in [0.25, 0.3) is 0 Å². The SMILES string of the molecule is COC1(c2ccoc2)CC[C@@]2(O)[C@@H]3CCC4CC(O)CC[C@]4(C)[C@@H]3CC[C@]12C. The third kappa shape index (κ3) is 2.12. The van der Waals surface area contributed by atoms with Crippen LogP contribution in [0.3, 0.4) is 0 Å². The van der Waals surface area contributed by atoms with Gasteiger partial charge in [-0.2, -0.15) is 0 Å². The van der Waals surface area contributed by atoms with Crippen LogP contribution in [0.2, 0.25) is 0 Å². The van der Waals surface area contributed by atoms with Crippen LogP contribution in [-0.2, 0) is 10.3 Å². The lowest BCUT2D eigenvalue weighted by molar-refractivity contribution is -0.243. The van der Waals surface area contributed by atoms with Gasteiger partial charge in [0.05, 0.1) is 24.2 Å². The summed E-state index contributed by atoms with van der Waals surface area (Å²) in [6.07, 6.45) is 12.4. The van der Waals surface area contributed by atoms with Gasteiger partial charge in [0.2, 0.25) is 0 Å². The molecule has 0 amide bonds. The molecule has 0 saturated heterocycles. The number of fused-ring (bicyclic) bond motifs is 5. The van der Waals surface area contributed by atoms with Gasteiger partial charge in [0.1, 0.15) is 5.60 Å². The molecule has 8 atom stereocenters. The van der Waals surface area contributed by atoms with E-state index in [1.54, 1.807) is 13.4 Å². The molecule has 1 aromatic heterocycles. The first kappa shape index (κ1) is 19.1. The second-order valence-corrected chi connectivity index (χ2v) is 10.8. The molecule has 4 fully saturated rings. The predicted octanol–water partition coefficient (Wildman–Crippen LogP) is 4.64. The Hall–Kier alpha value is -0.840. The summed E-state index contributed by atoms with van der Waals surface area (Å²) in [6.45, 7) is 4.73. The summed E-state index contributed by atoms with van der Waals surface area (Å²) in [4.78, 5) is 0. The maximum Gasteiger partial charge on any atom is 0.104 e. The van der Waals surface area contributed by atoms with Crippen LogP contribution < -0.4 is 0 Å². The maximum absolute atomic E-state index is 12.3. The number of hydrogen-bond acceptors (Lipinski definition) is 4. The van der Waals surface area contributed by atoms with Crippen LogP contribution in [0.15, 0.2) is 23.0 Å². The van der Waals surface area contributed by atoms with Gasteiger partial charge < -0.3 is 19.4 Å². The summed E-state index contributed by atoms with van der Waals surface area (Å²) < 4.78 is 11.7. The molecule has 4 nitrogen and oxygen atoms in total. The monoisotopic (exact) mass is 388 g/mol. The molecule has 5 rings (SSSR count). The molecule has 1 heterocycles. The molecule has 0 spiro atoms. The molecule has 0 aliphatic heterocycles. The van der Waals surface area contributed by atoms with E-state index >= 15 is 0 Å². The van der Waals surface area contributed by atoms with Crippen molar-refractivity contribution < 1.29 is 19.4 Å². The summed E-state index contributed by atoms with van der Waals surface area (Å²) in [5.41, 5.74) is -0.148. The number of ether oxygens (including phenoxy) is 1. The molecule has 4 heteroatoms. The average molecular weight is 389 g/mol. The van der Waals surface area contributed by atoms with Crippen molar-refractivity contribution in [3.63, 3.8) is 0 Å². The van der Waals surface area contributed by atoms with Crippen molar-refractivity contribution in [2.45, 2.75) is 88.9 Å². The minimum Gasteiger partial charge on any atom is -0.472 e. The molecule has 4 aliphatic rings. The summed E-state index contributed by atoms with van der Waals surface area (Å²) in [5, 5.41) is 22.6. The largest absolute Gasteiger partial charge is 0.472 e. The number of aliphatic hydroxyl groups excluding tert-OH is 1. The van der Waals surface area contributed by atoms with Crippen molar-refractivity contribution in [3.05, 3.63) is 24.2 Å². The number of methoxy groups -OCH3 is 1. The Morgan fingerprint density at radius 3 is 2.57 bits per heavy atom. The molecule has 1 aromatic rings. The molecule has 0 bridgehead atoms. The van der Waals surface area contributed by atoms with E-state index < -0.39 is 11.2 Å². The number of hydrogen-bond donors (Lipinski definition) is 2. The van der Waals surface area contributed by atoms with Gasteiger partial charge in [-0.1, -0.05) is 13.8 Å². The quantitative estimate of drug-likeness (QED) is 0.775. The van der Waals surface area contributed by atoms with Gasteiger partial charge in [-0.3, -0.25) is 0 Å². The molecule has 4 saturated carbocycles. The van der Waals surface area contributed by atoms with Gasteiger partial charge in [-0.05, 0) is 87.0 Å². The van der Waals surface area contributed by atoms with Crippen molar-refractivity contribution >= 4 is 0 Å². The Morgan fingerprint density at radius 2 is 1.86 bits per heavy atom. The first-order chi connectivity index (χ1) is 13.3. The van der Waals surface area contributed by atoms with Crippen LogP contribution in [-0.4, -0.2) is 29.0 Å². The second-order valence-electron chi connectivity index (χ2n) is 10.8. The van der Waals surface area contributed by atoms with E-state index in [0.717, 1.165) is 63.4 Å².